The molecule has 0 radical (unpaired) electrons. The molecule has 0 bridgehead atoms. The number of halogens is 1. The van der Waals surface area contributed by atoms with Gasteiger partial charge in [-0.1, -0.05) is 48.0 Å². The van der Waals surface area contributed by atoms with E-state index in [2.05, 4.69) is 10.1 Å². The fourth-order valence-electron chi connectivity index (χ4n) is 2.56. The molecule has 0 N–H and O–H groups in total. The Hall–Kier alpha value is -2.72. The Morgan fingerprint density at radius 1 is 1.00 bits per heavy atom. The van der Waals surface area contributed by atoms with E-state index in [1.807, 2.05) is 61.5 Å². The van der Waals surface area contributed by atoms with Crippen molar-refractivity contribution in [2.75, 3.05) is 0 Å². The molecular formula is C18H13ClN4. The predicted octanol–water partition coefficient (Wildman–Crippen LogP) is 4.44. The first-order valence-electron chi connectivity index (χ1n) is 7.26. The van der Waals surface area contributed by atoms with Gasteiger partial charge in [-0.3, -0.25) is 0 Å². The minimum Gasteiger partial charge on any atom is -0.249 e. The molecule has 0 unspecified atom stereocenters. The molecule has 2 aromatic carbocycles. The standard InChI is InChI=1S/C18H13ClN4/c1-12-17-18(23(22-12)15-9-5-8-14(19)10-15)21-16(11-20-17)13-6-3-2-4-7-13/h2-11H,1H3. The van der Waals surface area contributed by atoms with E-state index in [0.717, 1.165) is 33.8 Å². The van der Waals surface area contributed by atoms with Gasteiger partial charge in [0, 0.05) is 10.6 Å². The predicted molar refractivity (Wildman–Crippen MR) is 91.8 cm³/mol. The summed E-state index contributed by atoms with van der Waals surface area (Å²) in [5.74, 6) is 0. The first-order valence-corrected chi connectivity index (χ1v) is 7.64. The lowest BCUT2D eigenvalue weighted by molar-refractivity contribution is 0.878. The normalized spacial score (nSPS) is 11.0. The second kappa shape index (κ2) is 5.48. The van der Waals surface area contributed by atoms with E-state index in [1.165, 1.54) is 0 Å². The Morgan fingerprint density at radius 2 is 1.83 bits per heavy atom. The highest BCUT2D eigenvalue weighted by molar-refractivity contribution is 6.30. The van der Waals surface area contributed by atoms with E-state index in [9.17, 15) is 0 Å². The van der Waals surface area contributed by atoms with E-state index < -0.39 is 0 Å². The van der Waals surface area contributed by atoms with Crippen LogP contribution in [0.2, 0.25) is 5.02 Å². The summed E-state index contributed by atoms with van der Waals surface area (Å²) in [5, 5.41) is 5.23. The largest absolute Gasteiger partial charge is 0.249 e. The second-order valence-electron chi connectivity index (χ2n) is 5.27. The summed E-state index contributed by atoms with van der Waals surface area (Å²) in [6.45, 7) is 1.93. The van der Waals surface area contributed by atoms with Crippen LogP contribution in [-0.2, 0) is 0 Å². The molecular weight excluding hydrogens is 308 g/mol. The Morgan fingerprint density at radius 3 is 2.61 bits per heavy atom. The summed E-state index contributed by atoms with van der Waals surface area (Å²) in [7, 11) is 0. The number of aryl methyl sites for hydroxylation is 1. The van der Waals surface area contributed by atoms with Gasteiger partial charge in [0.2, 0.25) is 0 Å². The van der Waals surface area contributed by atoms with Crippen molar-refractivity contribution in [1.82, 2.24) is 19.7 Å². The van der Waals surface area contributed by atoms with Gasteiger partial charge in [0.05, 0.1) is 23.3 Å². The van der Waals surface area contributed by atoms with Crippen molar-refractivity contribution in [3.63, 3.8) is 0 Å². The lowest BCUT2D eigenvalue weighted by atomic mass is 10.2. The van der Waals surface area contributed by atoms with Crippen molar-refractivity contribution in [2.24, 2.45) is 0 Å². The summed E-state index contributed by atoms with van der Waals surface area (Å²) in [6.07, 6.45) is 1.79. The Labute approximate surface area is 138 Å². The zero-order valence-electron chi connectivity index (χ0n) is 12.4. The molecule has 0 aliphatic heterocycles. The third-order valence-corrected chi connectivity index (χ3v) is 3.90. The zero-order chi connectivity index (χ0) is 15.8. The average Bonchev–Trinajstić information content (AvgIpc) is 2.92. The minimum atomic E-state index is 0.663. The van der Waals surface area contributed by atoms with Gasteiger partial charge in [0.25, 0.3) is 0 Å². The van der Waals surface area contributed by atoms with Gasteiger partial charge < -0.3 is 0 Å². The van der Waals surface area contributed by atoms with Gasteiger partial charge in [-0.2, -0.15) is 5.10 Å². The third kappa shape index (κ3) is 2.47. The SMILES string of the molecule is Cc1nn(-c2cccc(Cl)c2)c2nc(-c3ccccc3)cnc12. The molecule has 0 aliphatic carbocycles. The highest BCUT2D eigenvalue weighted by atomic mass is 35.5. The number of nitrogens with zero attached hydrogens (tertiary/aromatic N) is 4. The van der Waals surface area contributed by atoms with Crippen molar-refractivity contribution >= 4 is 22.8 Å². The van der Waals surface area contributed by atoms with E-state index >= 15 is 0 Å². The monoisotopic (exact) mass is 320 g/mol. The molecule has 5 heteroatoms. The lowest BCUT2D eigenvalue weighted by Gasteiger charge is -2.04. The molecule has 0 aliphatic rings. The number of hydrogen-bond donors (Lipinski definition) is 0. The molecule has 4 nitrogen and oxygen atoms in total. The Balaban J connectivity index is 1.95. The van der Waals surface area contributed by atoms with Crippen LogP contribution in [0, 0.1) is 6.92 Å². The molecule has 23 heavy (non-hydrogen) atoms. The van der Waals surface area contributed by atoms with Crippen LogP contribution >= 0.6 is 11.6 Å². The Bertz CT molecular complexity index is 993. The quantitative estimate of drug-likeness (QED) is 0.548. The summed E-state index contributed by atoms with van der Waals surface area (Å²) < 4.78 is 1.79. The van der Waals surface area contributed by atoms with Gasteiger partial charge in [0.1, 0.15) is 5.52 Å². The van der Waals surface area contributed by atoms with Crippen LogP contribution in [0.3, 0.4) is 0 Å². The molecule has 0 saturated carbocycles. The number of benzene rings is 2. The number of hydrogen-bond acceptors (Lipinski definition) is 3. The van der Waals surface area contributed by atoms with Crippen molar-refractivity contribution in [3.05, 3.63) is 71.5 Å². The lowest BCUT2D eigenvalue weighted by Crippen LogP contribution is -1.98. The summed E-state index contributed by atoms with van der Waals surface area (Å²) in [6, 6.07) is 17.5. The van der Waals surface area contributed by atoms with Crippen LogP contribution < -0.4 is 0 Å². The molecule has 0 fully saturated rings. The third-order valence-electron chi connectivity index (χ3n) is 3.67. The van der Waals surface area contributed by atoms with Crippen LogP contribution in [0.5, 0.6) is 0 Å². The topological polar surface area (TPSA) is 43.6 Å². The maximum atomic E-state index is 6.10. The molecule has 0 amide bonds. The van der Waals surface area contributed by atoms with Gasteiger partial charge >= 0.3 is 0 Å². The van der Waals surface area contributed by atoms with Gasteiger partial charge in [-0.25, -0.2) is 14.6 Å². The van der Waals surface area contributed by atoms with E-state index in [4.69, 9.17) is 16.6 Å². The van der Waals surface area contributed by atoms with Crippen molar-refractivity contribution in [1.29, 1.82) is 0 Å². The molecule has 4 rings (SSSR count). The van der Waals surface area contributed by atoms with E-state index in [0.29, 0.717) is 5.02 Å². The highest BCUT2D eigenvalue weighted by Crippen LogP contribution is 2.23. The van der Waals surface area contributed by atoms with Gasteiger partial charge in [-0.15, -0.1) is 0 Å². The zero-order valence-corrected chi connectivity index (χ0v) is 13.2. The minimum absolute atomic E-state index is 0.663. The van der Waals surface area contributed by atoms with Gasteiger partial charge in [0.15, 0.2) is 5.65 Å². The van der Waals surface area contributed by atoms with Crippen molar-refractivity contribution in [2.45, 2.75) is 6.92 Å². The molecule has 2 aromatic heterocycles. The van der Waals surface area contributed by atoms with Crippen LogP contribution in [0.25, 0.3) is 28.1 Å². The molecule has 0 saturated heterocycles. The molecule has 4 aromatic rings. The summed E-state index contributed by atoms with van der Waals surface area (Å²) >= 11 is 6.10. The molecule has 0 atom stereocenters. The number of fused-ring (bicyclic) bond motifs is 1. The van der Waals surface area contributed by atoms with E-state index in [1.54, 1.807) is 10.9 Å². The molecule has 112 valence electrons. The summed E-state index contributed by atoms with van der Waals surface area (Å²) in [5.41, 5.74) is 5.08. The maximum Gasteiger partial charge on any atom is 0.182 e. The highest BCUT2D eigenvalue weighted by Gasteiger charge is 2.13. The van der Waals surface area contributed by atoms with Crippen LogP contribution in [0.4, 0.5) is 0 Å². The Kier molecular flexibility index (Phi) is 3.32. The van der Waals surface area contributed by atoms with Gasteiger partial charge in [-0.05, 0) is 25.1 Å². The van der Waals surface area contributed by atoms with Crippen molar-refractivity contribution in [3.8, 4) is 16.9 Å². The van der Waals surface area contributed by atoms with Crippen LogP contribution in [0.15, 0.2) is 60.8 Å². The molecule has 0 spiro atoms. The molecule has 2 heterocycles. The average molecular weight is 321 g/mol. The fraction of sp³-hybridized carbons (Fsp3) is 0.0556. The first-order chi connectivity index (χ1) is 11.2. The number of rotatable bonds is 2. The van der Waals surface area contributed by atoms with Crippen LogP contribution in [0.1, 0.15) is 5.69 Å². The smallest absolute Gasteiger partial charge is 0.182 e. The van der Waals surface area contributed by atoms with Crippen LogP contribution in [-0.4, -0.2) is 19.7 Å². The fourth-order valence-corrected chi connectivity index (χ4v) is 2.75. The first kappa shape index (κ1) is 13.9. The van der Waals surface area contributed by atoms with E-state index in [-0.39, 0.29) is 0 Å². The van der Waals surface area contributed by atoms with Crippen molar-refractivity contribution < 1.29 is 0 Å². The maximum absolute atomic E-state index is 6.10. The second-order valence-corrected chi connectivity index (χ2v) is 5.71. The summed E-state index contributed by atoms with van der Waals surface area (Å²) in [4.78, 5) is 9.31. The number of aromatic nitrogens is 4.